The molecule has 0 spiro atoms. The maximum Gasteiger partial charge on any atom is 0.223 e. The minimum absolute atomic E-state index is 0.302. The van der Waals surface area contributed by atoms with Crippen molar-refractivity contribution in [2.24, 2.45) is 5.18 Å². The Labute approximate surface area is 96.0 Å². The Morgan fingerprint density at radius 2 is 1.94 bits per heavy atom. The summed E-state index contributed by atoms with van der Waals surface area (Å²) < 4.78 is 5.38. The van der Waals surface area contributed by atoms with Crippen LogP contribution in [0.25, 0.3) is 0 Å². The first-order valence-corrected chi connectivity index (χ1v) is 4.74. The van der Waals surface area contributed by atoms with E-state index in [1.54, 1.807) is 24.3 Å². The minimum Gasteiger partial charge on any atom is -0.439 e. The number of rotatable bonds is 3. The zero-order valence-corrected chi connectivity index (χ0v) is 8.76. The molecule has 0 aliphatic carbocycles. The van der Waals surface area contributed by atoms with Gasteiger partial charge in [-0.1, -0.05) is 11.6 Å². The molecule has 0 radical (unpaired) electrons. The zero-order valence-electron chi connectivity index (χ0n) is 8.00. The molecule has 0 aliphatic rings. The summed E-state index contributed by atoms with van der Waals surface area (Å²) in [5.41, 5.74) is 0.341. The third-order valence-corrected chi connectivity index (χ3v) is 1.98. The lowest BCUT2D eigenvalue weighted by atomic mass is 10.3. The molecule has 0 N–H and O–H groups in total. The van der Waals surface area contributed by atoms with Crippen LogP contribution in [0.1, 0.15) is 0 Å². The number of hydrogen-bond donors (Lipinski definition) is 0. The fraction of sp³-hybridized carbons (Fsp3) is 0. The highest BCUT2D eigenvalue weighted by atomic mass is 35.5. The van der Waals surface area contributed by atoms with Gasteiger partial charge in [0.15, 0.2) is 0 Å². The van der Waals surface area contributed by atoms with Crippen molar-refractivity contribution in [3.8, 4) is 11.6 Å². The van der Waals surface area contributed by atoms with Crippen molar-refractivity contribution >= 4 is 17.3 Å². The van der Waals surface area contributed by atoms with Gasteiger partial charge in [-0.05, 0) is 29.4 Å². The molecular formula is C10H6ClN3O2. The van der Waals surface area contributed by atoms with Crippen molar-refractivity contribution in [1.29, 1.82) is 0 Å². The molecule has 0 saturated heterocycles. The van der Waals surface area contributed by atoms with Crippen LogP contribution in [0.15, 0.2) is 41.8 Å². The van der Waals surface area contributed by atoms with E-state index in [1.165, 1.54) is 12.4 Å². The van der Waals surface area contributed by atoms with Gasteiger partial charge in [0.25, 0.3) is 0 Å². The normalized spacial score (nSPS) is 9.81. The summed E-state index contributed by atoms with van der Waals surface area (Å²) in [5.74, 6) is 0.883. The highest BCUT2D eigenvalue weighted by molar-refractivity contribution is 6.29. The number of ether oxygens (including phenoxy) is 1. The van der Waals surface area contributed by atoms with E-state index in [1.807, 2.05) is 0 Å². The Morgan fingerprint density at radius 3 is 2.56 bits per heavy atom. The van der Waals surface area contributed by atoms with Gasteiger partial charge < -0.3 is 4.74 Å². The second-order valence-electron chi connectivity index (χ2n) is 2.87. The number of aromatic nitrogens is 2. The summed E-state index contributed by atoms with van der Waals surface area (Å²) in [5, 5.41) is 3.08. The van der Waals surface area contributed by atoms with Gasteiger partial charge in [0, 0.05) is 6.07 Å². The lowest BCUT2D eigenvalue weighted by molar-refractivity contribution is 0.461. The standard InChI is InChI=1S/C10H6ClN3O2/c11-9-5-10(13-6-12-9)16-8-3-1-7(14-15)2-4-8/h1-6H. The van der Waals surface area contributed by atoms with Gasteiger partial charge in [0.1, 0.15) is 22.9 Å². The maximum absolute atomic E-state index is 10.2. The Bertz CT molecular complexity index is 502. The lowest BCUT2D eigenvalue weighted by Gasteiger charge is -2.03. The molecule has 0 bridgehead atoms. The van der Waals surface area contributed by atoms with Crippen molar-refractivity contribution in [1.82, 2.24) is 9.97 Å². The van der Waals surface area contributed by atoms with Crippen LogP contribution in [0, 0.1) is 4.91 Å². The molecule has 80 valence electrons. The zero-order chi connectivity index (χ0) is 11.4. The molecule has 0 saturated carbocycles. The molecule has 5 nitrogen and oxygen atoms in total. The van der Waals surface area contributed by atoms with E-state index in [4.69, 9.17) is 16.3 Å². The molecule has 0 amide bonds. The summed E-state index contributed by atoms with van der Waals surface area (Å²) in [7, 11) is 0. The summed E-state index contributed by atoms with van der Waals surface area (Å²) in [6.07, 6.45) is 1.30. The molecule has 6 heteroatoms. The summed E-state index contributed by atoms with van der Waals surface area (Å²) in [4.78, 5) is 17.8. The van der Waals surface area contributed by atoms with E-state index in [2.05, 4.69) is 15.1 Å². The molecule has 1 aromatic heterocycles. The van der Waals surface area contributed by atoms with Crippen LogP contribution in [-0.2, 0) is 0 Å². The number of hydrogen-bond acceptors (Lipinski definition) is 5. The van der Waals surface area contributed by atoms with Gasteiger partial charge in [0.2, 0.25) is 5.88 Å². The molecule has 1 aromatic carbocycles. The molecule has 0 fully saturated rings. The van der Waals surface area contributed by atoms with E-state index in [-0.39, 0.29) is 0 Å². The largest absolute Gasteiger partial charge is 0.439 e. The Balaban J connectivity index is 2.17. The van der Waals surface area contributed by atoms with E-state index < -0.39 is 0 Å². The van der Waals surface area contributed by atoms with Crippen molar-refractivity contribution in [2.45, 2.75) is 0 Å². The number of nitroso groups, excluding NO2 is 1. The summed E-state index contributed by atoms with van der Waals surface area (Å²) in [6, 6.07) is 7.82. The smallest absolute Gasteiger partial charge is 0.223 e. The molecule has 0 atom stereocenters. The topological polar surface area (TPSA) is 64.4 Å². The van der Waals surface area contributed by atoms with Crippen molar-refractivity contribution < 1.29 is 4.74 Å². The Morgan fingerprint density at radius 1 is 1.19 bits per heavy atom. The van der Waals surface area contributed by atoms with E-state index in [0.29, 0.717) is 22.5 Å². The van der Waals surface area contributed by atoms with Gasteiger partial charge in [-0.25, -0.2) is 9.97 Å². The molecule has 0 unspecified atom stereocenters. The third kappa shape index (κ3) is 2.52. The highest BCUT2D eigenvalue weighted by Gasteiger charge is 2.00. The van der Waals surface area contributed by atoms with Crippen LogP contribution in [-0.4, -0.2) is 9.97 Å². The molecular weight excluding hydrogens is 230 g/mol. The van der Waals surface area contributed by atoms with Gasteiger partial charge in [-0.2, -0.15) is 0 Å². The number of nitrogens with zero attached hydrogens (tertiary/aromatic N) is 3. The average molecular weight is 236 g/mol. The minimum atomic E-state index is 0.302. The highest BCUT2D eigenvalue weighted by Crippen LogP contribution is 2.23. The SMILES string of the molecule is O=Nc1ccc(Oc2cc(Cl)ncn2)cc1. The summed E-state index contributed by atoms with van der Waals surface area (Å²) in [6.45, 7) is 0. The first-order chi connectivity index (χ1) is 7.78. The maximum atomic E-state index is 10.2. The van der Waals surface area contributed by atoms with E-state index >= 15 is 0 Å². The Kier molecular flexibility index (Phi) is 3.07. The first-order valence-electron chi connectivity index (χ1n) is 4.37. The average Bonchev–Trinajstić information content (AvgIpc) is 2.30. The predicted molar refractivity (Wildman–Crippen MR) is 59.0 cm³/mol. The van der Waals surface area contributed by atoms with Gasteiger partial charge in [0.05, 0.1) is 0 Å². The van der Waals surface area contributed by atoms with E-state index in [9.17, 15) is 4.91 Å². The van der Waals surface area contributed by atoms with Gasteiger partial charge in [-0.15, -0.1) is 4.91 Å². The summed E-state index contributed by atoms with van der Waals surface area (Å²) >= 11 is 5.67. The number of benzene rings is 1. The molecule has 1 heterocycles. The van der Waals surface area contributed by atoms with Crippen LogP contribution in [0.5, 0.6) is 11.6 Å². The van der Waals surface area contributed by atoms with Crippen LogP contribution >= 0.6 is 11.6 Å². The molecule has 16 heavy (non-hydrogen) atoms. The lowest BCUT2D eigenvalue weighted by Crippen LogP contribution is -1.88. The fourth-order valence-electron chi connectivity index (χ4n) is 1.07. The van der Waals surface area contributed by atoms with Crippen LogP contribution in [0.2, 0.25) is 5.15 Å². The van der Waals surface area contributed by atoms with Gasteiger partial charge in [-0.3, -0.25) is 0 Å². The molecule has 0 aliphatic heterocycles. The monoisotopic (exact) mass is 235 g/mol. The molecule has 2 rings (SSSR count). The van der Waals surface area contributed by atoms with Crippen molar-refractivity contribution in [3.63, 3.8) is 0 Å². The molecule has 2 aromatic rings. The van der Waals surface area contributed by atoms with Crippen molar-refractivity contribution in [3.05, 3.63) is 46.7 Å². The predicted octanol–water partition coefficient (Wildman–Crippen LogP) is 3.32. The van der Waals surface area contributed by atoms with Crippen LogP contribution < -0.4 is 4.74 Å². The number of halogens is 1. The van der Waals surface area contributed by atoms with Crippen molar-refractivity contribution in [2.75, 3.05) is 0 Å². The first kappa shape index (κ1) is 10.5. The van der Waals surface area contributed by atoms with Crippen LogP contribution in [0.3, 0.4) is 0 Å². The Hall–Kier alpha value is -2.01. The van der Waals surface area contributed by atoms with Crippen LogP contribution in [0.4, 0.5) is 5.69 Å². The fourth-order valence-corrected chi connectivity index (χ4v) is 1.21. The second kappa shape index (κ2) is 4.67. The second-order valence-corrected chi connectivity index (χ2v) is 3.25. The third-order valence-electron chi connectivity index (χ3n) is 1.77. The van der Waals surface area contributed by atoms with E-state index in [0.717, 1.165) is 0 Å². The quantitative estimate of drug-likeness (QED) is 0.605. The van der Waals surface area contributed by atoms with Gasteiger partial charge >= 0.3 is 0 Å².